The number of para-hydroxylation sites is 1. The van der Waals surface area contributed by atoms with E-state index in [1.165, 1.54) is 11.3 Å². The molecule has 0 aliphatic carbocycles. The number of aromatic nitrogens is 1. The van der Waals surface area contributed by atoms with Gasteiger partial charge in [0.15, 0.2) is 0 Å². The van der Waals surface area contributed by atoms with Crippen LogP contribution in [0.15, 0.2) is 36.5 Å². The molecular formula is C19H18N3O2S. The minimum atomic E-state index is -0.0817. The lowest BCUT2D eigenvalue weighted by atomic mass is 10.0. The third kappa shape index (κ3) is 2.82. The molecule has 3 heterocycles. The summed E-state index contributed by atoms with van der Waals surface area (Å²) < 4.78 is 6.57. The van der Waals surface area contributed by atoms with Gasteiger partial charge in [-0.05, 0) is 12.1 Å². The Hall–Kier alpha value is -2.60. The molecule has 0 bridgehead atoms. The molecule has 1 aliphatic rings. The lowest BCUT2D eigenvalue weighted by Gasteiger charge is -2.26. The number of anilines is 1. The van der Waals surface area contributed by atoms with Gasteiger partial charge < -0.3 is 15.0 Å². The van der Waals surface area contributed by atoms with Crippen LogP contribution in [-0.4, -0.2) is 31.6 Å². The second-order valence-electron chi connectivity index (χ2n) is 6.14. The number of nitrogens with one attached hydrogen (secondary N) is 1. The highest BCUT2D eigenvalue weighted by atomic mass is 32.1. The number of pyridine rings is 1. The van der Waals surface area contributed by atoms with Gasteiger partial charge in [-0.2, -0.15) is 0 Å². The third-order valence-corrected chi connectivity index (χ3v) is 5.37. The van der Waals surface area contributed by atoms with Crippen molar-refractivity contribution >= 4 is 33.1 Å². The van der Waals surface area contributed by atoms with Crippen LogP contribution in [0.25, 0.3) is 10.2 Å². The number of amides is 1. The van der Waals surface area contributed by atoms with Gasteiger partial charge in [-0.3, -0.25) is 9.78 Å². The van der Waals surface area contributed by atoms with E-state index in [1.807, 2.05) is 43.3 Å². The van der Waals surface area contributed by atoms with Crippen LogP contribution in [0.4, 0.5) is 5.69 Å². The average molecular weight is 352 g/mol. The Bertz CT molecular complexity index is 935. The molecule has 4 rings (SSSR count). The normalized spacial score (nSPS) is 16.2. The van der Waals surface area contributed by atoms with E-state index >= 15 is 0 Å². The van der Waals surface area contributed by atoms with Crippen LogP contribution in [0.3, 0.4) is 0 Å². The molecule has 2 aromatic heterocycles. The molecule has 127 valence electrons. The first kappa shape index (κ1) is 15.9. The molecule has 1 amide bonds. The fourth-order valence-electron chi connectivity index (χ4n) is 3.14. The van der Waals surface area contributed by atoms with Gasteiger partial charge in [-0.25, -0.2) is 0 Å². The lowest BCUT2D eigenvalue weighted by Crippen LogP contribution is -2.32. The fourth-order valence-corrected chi connectivity index (χ4v) is 4.25. The summed E-state index contributed by atoms with van der Waals surface area (Å²) in [5.74, 6) is 0.764. The standard InChI is InChI=1S/C19H18N3O2S/c1-22(2)17-16-15(8-5-10-20-16)25-18(17)19(23)21-13-9-11-24-14-7-4-3-6-12(13)14/h3-7,10,13H,9,11H2,1-2H3,(H,21,23)/t13-/m0/s1. The molecule has 3 aromatic rings. The second-order valence-corrected chi connectivity index (χ2v) is 7.16. The Morgan fingerprint density at radius 3 is 3.08 bits per heavy atom. The molecule has 1 atom stereocenters. The predicted molar refractivity (Wildman–Crippen MR) is 99.5 cm³/mol. The predicted octanol–water partition coefficient (Wildman–Crippen LogP) is 3.42. The summed E-state index contributed by atoms with van der Waals surface area (Å²) in [6, 6.07) is 12.8. The molecule has 1 radical (unpaired) electrons. The van der Waals surface area contributed by atoms with Gasteiger partial charge in [-0.15, -0.1) is 11.3 Å². The van der Waals surface area contributed by atoms with E-state index in [0.717, 1.165) is 33.6 Å². The lowest BCUT2D eigenvalue weighted by molar-refractivity contribution is 0.0929. The molecule has 0 fully saturated rings. The van der Waals surface area contributed by atoms with Crippen molar-refractivity contribution in [2.75, 3.05) is 25.6 Å². The van der Waals surface area contributed by atoms with E-state index in [2.05, 4.69) is 16.4 Å². The number of carbonyl (C=O) groups excluding carboxylic acids is 1. The fraction of sp³-hybridized carbons (Fsp3) is 0.263. The van der Waals surface area contributed by atoms with E-state index in [0.29, 0.717) is 11.5 Å². The Morgan fingerprint density at radius 2 is 2.24 bits per heavy atom. The molecule has 0 saturated carbocycles. The first-order valence-electron chi connectivity index (χ1n) is 8.14. The Kier molecular flexibility index (Phi) is 4.05. The molecule has 0 unspecified atom stereocenters. The number of nitrogens with zero attached hydrogens (tertiary/aromatic N) is 2. The highest BCUT2D eigenvalue weighted by Gasteiger charge is 2.26. The van der Waals surface area contributed by atoms with E-state index in [4.69, 9.17) is 4.74 Å². The van der Waals surface area contributed by atoms with Gasteiger partial charge in [0, 0.05) is 38.3 Å². The topological polar surface area (TPSA) is 54.5 Å². The number of fused-ring (bicyclic) bond motifs is 2. The van der Waals surface area contributed by atoms with Crippen molar-refractivity contribution in [2.24, 2.45) is 0 Å². The van der Waals surface area contributed by atoms with Gasteiger partial charge in [0.2, 0.25) is 0 Å². The van der Waals surface area contributed by atoms with Gasteiger partial charge >= 0.3 is 0 Å². The zero-order chi connectivity index (χ0) is 17.4. The number of hydrogen-bond acceptors (Lipinski definition) is 5. The second kappa shape index (κ2) is 6.37. The molecular weight excluding hydrogens is 334 g/mol. The molecule has 5 nitrogen and oxygen atoms in total. The number of benzene rings is 1. The maximum atomic E-state index is 13.0. The molecule has 1 aliphatic heterocycles. The Labute approximate surface area is 150 Å². The van der Waals surface area contributed by atoms with Crippen LogP contribution in [0.2, 0.25) is 0 Å². The average Bonchev–Trinajstić information content (AvgIpc) is 3.02. The number of rotatable bonds is 3. The molecule has 0 spiro atoms. The van der Waals surface area contributed by atoms with E-state index < -0.39 is 0 Å². The van der Waals surface area contributed by atoms with Crippen molar-refractivity contribution in [3.63, 3.8) is 0 Å². The van der Waals surface area contributed by atoms with Crippen LogP contribution in [-0.2, 0) is 0 Å². The quantitative estimate of drug-likeness (QED) is 0.785. The molecule has 25 heavy (non-hydrogen) atoms. The summed E-state index contributed by atoms with van der Waals surface area (Å²) in [5, 5.41) is 3.17. The number of ether oxygens (including phenoxy) is 1. The number of carbonyl (C=O) groups is 1. The Morgan fingerprint density at radius 1 is 1.40 bits per heavy atom. The monoisotopic (exact) mass is 352 g/mol. The van der Waals surface area contributed by atoms with Crippen molar-refractivity contribution in [1.82, 2.24) is 10.3 Å². The third-order valence-electron chi connectivity index (χ3n) is 4.27. The number of hydrogen-bond donors (Lipinski definition) is 1. The summed E-state index contributed by atoms with van der Waals surface area (Å²) in [4.78, 5) is 20.0. The first-order valence-corrected chi connectivity index (χ1v) is 8.96. The summed E-state index contributed by atoms with van der Waals surface area (Å²) in [7, 11) is 3.85. The van der Waals surface area contributed by atoms with Gasteiger partial charge in [0.25, 0.3) is 5.91 Å². The Balaban J connectivity index is 1.69. The zero-order valence-electron chi connectivity index (χ0n) is 14.1. The summed E-state index contributed by atoms with van der Waals surface area (Å²) in [6.07, 6.45) is 2.47. The van der Waals surface area contributed by atoms with Gasteiger partial charge in [0.1, 0.15) is 16.1 Å². The van der Waals surface area contributed by atoms with Crippen molar-refractivity contribution in [1.29, 1.82) is 0 Å². The van der Waals surface area contributed by atoms with E-state index in [-0.39, 0.29) is 11.9 Å². The largest absolute Gasteiger partial charge is 0.493 e. The first-order chi connectivity index (χ1) is 12.1. The number of thiophene rings is 1. The molecule has 0 saturated heterocycles. The van der Waals surface area contributed by atoms with Crippen LogP contribution in [0, 0.1) is 6.07 Å². The SMILES string of the molecule is CN(C)c1c(C(=O)N[C@H]2CCOc3ccccc32)sc2[c]ccnc12. The van der Waals surface area contributed by atoms with E-state index in [1.54, 1.807) is 12.3 Å². The van der Waals surface area contributed by atoms with Crippen molar-refractivity contribution in [3.05, 3.63) is 53.0 Å². The minimum absolute atomic E-state index is 0.0467. The molecule has 1 aromatic carbocycles. The highest BCUT2D eigenvalue weighted by Crippen LogP contribution is 2.37. The zero-order valence-corrected chi connectivity index (χ0v) is 14.9. The maximum Gasteiger partial charge on any atom is 0.264 e. The summed E-state index contributed by atoms with van der Waals surface area (Å²) in [5.41, 5.74) is 2.68. The van der Waals surface area contributed by atoms with Gasteiger partial charge in [0.05, 0.1) is 23.0 Å². The highest BCUT2D eigenvalue weighted by molar-refractivity contribution is 7.21. The summed E-state index contributed by atoms with van der Waals surface area (Å²) in [6.45, 7) is 0.601. The summed E-state index contributed by atoms with van der Waals surface area (Å²) >= 11 is 1.43. The van der Waals surface area contributed by atoms with Crippen LogP contribution in [0.1, 0.15) is 27.7 Å². The molecule has 6 heteroatoms. The minimum Gasteiger partial charge on any atom is -0.493 e. The smallest absolute Gasteiger partial charge is 0.264 e. The van der Waals surface area contributed by atoms with Crippen LogP contribution in [0.5, 0.6) is 5.75 Å². The van der Waals surface area contributed by atoms with Crippen LogP contribution >= 0.6 is 11.3 Å². The van der Waals surface area contributed by atoms with Gasteiger partial charge in [-0.1, -0.05) is 18.2 Å². The maximum absolute atomic E-state index is 13.0. The van der Waals surface area contributed by atoms with Crippen LogP contribution < -0.4 is 15.0 Å². The van der Waals surface area contributed by atoms with E-state index in [9.17, 15) is 4.79 Å². The molecule has 1 N–H and O–H groups in total. The van der Waals surface area contributed by atoms with Crippen molar-refractivity contribution < 1.29 is 9.53 Å². The van der Waals surface area contributed by atoms with Crippen molar-refractivity contribution in [2.45, 2.75) is 12.5 Å². The van der Waals surface area contributed by atoms with Crippen molar-refractivity contribution in [3.8, 4) is 5.75 Å².